The standard InChI is InChI=1S/C29H38N6O4/c1-6-35(21-7-9-22(10-8-21)39-29(30)38)25-15-20(26-31-11-12-34(26)5)14-23(19(25)4)27(36)32-16-24-17(2)13-18(3)33-28(24)37/h11-15,21-22H,6-10,16H2,1-5H3,(H2,30,38)(H,32,36)(H,33,37). The first-order valence-corrected chi connectivity index (χ1v) is 13.4. The van der Waals surface area contributed by atoms with Gasteiger partial charge in [-0.3, -0.25) is 9.59 Å². The maximum atomic E-state index is 13.6. The molecule has 0 radical (unpaired) electrons. The van der Waals surface area contributed by atoms with Gasteiger partial charge in [0.1, 0.15) is 11.9 Å². The zero-order valence-corrected chi connectivity index (χ0v) is 23.3. The minimum atomic E-state index is -0.733. The number of aromatic nitrogens is 3. The van der Waals surface area contributed by atoms with Gasteiger partial charge in [-0.15, -0.1) is 0 Å². The number of carbonyl (C=O) groups is 2. The highest BCUT2D eigenvalue weighted by Gasteiger charge is 2.29. The van der Waals surface area contributed by atoms with E-state index in [1.165, 1.54) is 0 Å². The van der Waals surface area contributed by atoms with E-state index >= 15 is 0 Å². The van der Waals surface area contributed by atoms with Crippen LogP contribution < -0.4 is 21.5 Å². The summed E-state index contributed by atoms with van der Waals surface area (Å²) >= 11 is 0. The number of pyridine rings is 1. The van der Waals surface area contributed by atoms with Crippen molar-refractivity contribution >= 4 is 17.7 Å². The lowest BCUT2D eigenvalue weighted by Crippen LogP contribution is -2.41. The summed E-state index contributed by atoms with van der Waals surface area (Å²) in [7, 11) is 1.92. The van der Waals surface area contributed by atoms with Crippen molar-refractivity contribution in [1.82, 2.24) is 19.9 Å². The molecule has 1 aliphatic carbocycles. The molecule has 1 saturated carbocycles. The third-order valence-electron chi connectivity index (χ3n) is 7.64. The quantitative estimate of drug-likeness (QED) is 0.402. The average molecular weight is 535 g/mol. The first-order valence-electron chi connectivity index (χ1n) is 13.4. The molecule has 2 heterocycles. The van der Waals surface area contributed by atoms with Crippen molar-refractivity contribution in [1.29, 1.82) is 0 Å². The Kier molecular flexibility index (Phi) is 8.42. The second-order valence-electron chi connectivity index (χ2n) is 10.3. The van der Waals surface area contributed by atoms with Crippen molar-refractivity contribution in [3.05, 3.63) is 68.9 Å². The maximum Gasteiger partial charge on any atom is 0.404 e. The number of nitrogens with two attached hydrogens (primary N) is 1. The number of amides is 2. The molecule has 3 aromatic rings. The molecular weight excluding hydrogens is 496 g/mol. The minimum Gasteiger partial charge on any atom is -0.446 e. The smallest absolute Gasteiger partial charge is 0.404 e. The van der Waals surface area contributed by atoms with E-state index in [-0.39, 0.29) is 30.2 Å². The summed E-state index contributed by atoms with van der Waals surface area (Å²) in [6.07, 6.45) is 5.87. The number of primary amides is 1. The summed E-state index contributed by atoms with van der Waals surface area (Å²) in [6, 6.07) is 6.09. The fourth-order valence-electron chi connectivity index (χ4n) is 5.64. The van der Waals surface area contributed by atoms with Crippen LogP contribution >= 0.6 is 0 Å². The van der Waals surface area contributed by atoms with Crippen LogP contribution in [0.2, 0.25) is 0 Å². The Bertz CT molecular complexity index is 1420. The van der Waals surface area contributed by atoms with Gasteiger partial charge in [0, 0.05) is 66.6 Å². The van der Waals surface area contributed by atoms with Gasteiger partial charge in [-0.05, 0) is 82.7 Å². The molecule has 208 valence electrons. The van der Waals surface area contributed by atoms with E-state index < -0.39 is 6.09 Å². The van der Waals surface area contributed by atoms with Crippen LogP contribution in [-0.2, 0) is 18.3 Å². The summed E-state index contributed by atoms with van der Waals surface area (Å²) in [6.45, 7) is 8.64. The lowest BCUT2D eigenvalue weighted by atomic mass is 9.90. The molecule has 4 rings (SSSR count). The Morgan fingerprint density at radius 2 is 1.90 bits per heavy atom. The number of nitrogens with zero attached hydrogens (tertiary/aromatic N) is 3. The van der Waals surface area contributed by atoms with E-state index in [2.05, 4.69) is 33.2 Å². The molecule has 1 aromatic carbocycles. The Hall–Kier alpha value is -4.08. The zero-order chi connectivity index (χ0) is 28.3. The number of carbonyl (C=O) groups excluding carboxylic acids is 2. The minimum absolute atomic E-state index is 0.128. The number of aromatic amines is 1. The Morgan fingerprint density at radius 3 is 2.49 bits per heavy atom. The molecule has 1 fully saturated rings. The van der Waals surface area contributed by atoms with Crippen LogP contribution in [0.4, 0.5) is 10.5 Å². The summed E-state index contributed by atoms with van der Waals surface area (Å²) < 4.78 is 7.16. The van der Waals surface area contributed by atoms with Gasteiger partial charge in [0.05, 0.1) is 0 Å². The van der Waals surface area contributed by atoms with E-state index in [4.69, 9.17) is 10.5 Å². The second kappa shape index (κ2) is 11.8. The highest BCUT2D eigenvalue weighted by Crippen LogP contribution is 2.35. The highest BCUT2D eigenvalue weighted by atomic mass is 16.6. The molecule has 2 amide bonds. The van der Waals surface area contributed by atoms with Crippen LogP contribution in [0.15, 0.2) is 35.4 Å². The van der Waals surface area contributed by atoms with Crippen molar-refractivity contribution < 1.29 is 14.3 Å². The molecule has 0 bridgehead atoms. The van der Waals surface area contributed by atoms with Gasteiger partial charge >= 0.3 is 6.09 Å². The van der Waals surface area contributed by atoms with Crippen LogP contribution in [0.3, 0.4) is 0 Å². The van der Waals surface area contributed by atoms with Crippen molar-refractivity contribution in [2.45, 2.75) is 72.1 Å². The predicted octanol–water partition coefficient (Wildman–Crippen LogP) is 3.86. The van der Waals surface area contributed by atoms with Crippen LogP contribution in [0.5, 0.6) is 0 Å². The second-order valence-corrected chi connectivity index (χ2v) is 10.3. The fourth-order valence-corrected chi connectivity index (χ4v) is 5.64. The van der Waals surface area contributed by atoms with Crippen LogP contribution in [0.25, 0.3) is 11.4 Å². The van der Waals surface area contributed by atoms with E-state index in [0.29, 0.717) is 11.1 Å². The summed E-state index contributed by atoms with van der Waals surface area (Å²) in [5.41, 5.74) is 10.4. The zero-order valence-electron chi connectivity index (χ0n) is 23.3. The molecule has 0 spiro atoms. The number of aryl methyl sites for hydroxylation is 3. The van der Waals surface area contributed by atoms with Crippen molar-refractivity contribution in [2.75, 3.05) is 11.4 Å². The van der Waals surface area contributed by atoms with Crippen molar-refractivity contribution in [3.8, 4) is 11.4 Å². The molecule has 10 nitrogen and oxygen atoms in total. The molecule has 39 heavy (non-hydrogen) atoms. The number of H-pyrrole nitrogens is 1. The predicted molar refractivity (Wildman–Crippen MR) is 151 cm³/mol. The van der Waals surface area contributed by atoms with Gasteiger partial charge in [0.25, 0.3) is 11.5 Å². The first-order chi connectivity index (χ1) is 18.6. The number of ether oxygens (including phenoxy) is 1. The molecule has 10 heteroatoms. The van der Waals surface area contributed by atoms with E-state index in [9.17, 15) is 14.4 Å². The van der Waals surface area contributed by atoms with Crippen LogP contribution in [0, 0.1) is 20.8 Å². The SMILES string of the molecule is CCN(c1cc(-c2nccn2C)cc(C(=O)NCc2c(C)cc(C)[nH]c2=O)c1C)C1CCC(OC(N)=O)CC1. The summed E-state index contributed by atoms with van der Waals surface area (Å²) in [5.74, 6) is 0.504. The number of benzene rings is 1. The molecule has 0 atom stereocenters. The molecule has 0 saturated heterocycles. The molecule has 2 aromatic heterocycles. The summed E-state index contributed by atoms with van der Waals surface area (Å²) in [5, 5.41) is 2.97. The molecular formula is C29H38N6O4. The topological polar surface area (TPSA) is 135 Å². The van der Waals surface area contributed by atoms with Gasteiger partial charge in [-0.25, -0.2) is 9.78 Å². The number of anilines is 1. The fraction of sp³-hybridized carbons (Fsp3) is 0.448. The number of nitrogens with one attached hydrogen (secondary N) is 2. The van der Waals surface area contributed by atoms with Crippen molar-refractivity contribution in [2.24, 2.45) is 12.8 Å². The average Bonchev–Trinajstić information content (AvgIpc) is 3.31. The van der Waals surface area contributed by atoms with Gasteiger partial charge in [0.15, 0.2) is 0 Å². The number of hydrogen-bond donors (Lipinski definition) is 3. The molecule has 1 aliphatic rings. The maximum absolute atomic E-state index is 13.6. The normalized spacial score (nSPS) is 17.1. The number of hydrogen-bond acceptors (Lipinski definition) is 6. The highest BCUT2D eigenvalue weighted by molar-refractivity contribution is 5.98. The number of imidazole rings is 1. The number of rotatable bonds is 8. The molecule has 0 unspecified atom stereocenters. The third kappa shape index (κ3) is 6.16. The van der Waals surface area contributed by atoms with E-state index in [1.54, 1.807) is 6.20 Å². The van der Waals surface area contributed by atoms with E-state index in [1.807, 2.05) is 50.7 Å². The Morgan fingerprint density at radius 1 is 1.18 bits per heavy atom. The molecule has 0 aliphatic heterocycles. The first kappa shape index (κ1) is 27.9. The van der Waals surface area contributed by atoms with Crippen LogP contribution in [0.1, 0.15) is 65.3 Å². The van der Waals surface area contributed by atoms with Gasteiger partial charge in [-0.1, -0.05) is 0 Å². The lowest BCUT2D eigenvalue weighted by Gasteiger charge is -2.38. The van der Waals surface area contributed by atoms with Crippen LogP contribution in [-0.4, -0.2) is 45.2 Å². The summed E-state index contributed by atoms with van der Waals surface area (Å²) in [4.78, 5) is 47.0. The Balaban J connectivity index is 1.67. The van der Waals surface area contributed by atoms with Crippen molar-refractivity contribution in [3.63, 3.8) is 0 Å². The van der Waals surface area contributed by atoms with Gasteiger partial charge in [-0.2, -0.15) is 0 Å². The van der Waals surface area contributed by atoms with Gasteiger partial charge in [0.2, 0.25) is 0 Å². The monoisotopic (exact) mass is 534 g/mol. The largest absolute Gasteiger partial charge is 0.446 e. The van der Waals surface area contributed by atoms with Gasteiger partial charge < -0.3 is 30.2 Å². The lowest BCUT2D eigenvalue weighted by molar-refractivity contribution is 0.0784. The Labute approximate surface area is 228 Å². The molecule has 4 N–H and O–H groups in total. The third-order valence-corrected chi connectivity index (χ3v) is 7.64. The van der Waals surface area contributed by atoms with E-state index in [0.717, 1.165) is 66.1 Å².